The molecule has 2 amide bonds. The molecule has 3 aromatic carbocycles. The van der Waals surface area contributed by atoms with Crippen LogP contribution in [0.25, 0.3) is 0 Å². The van der Waals surface area contributed by atoms with Gasteiger partial charge in [-0.2, -0.15) is 0 Å². The Morgan fingerprint density at radius 1 is 0.733 bits per heavy atom. The highest BCUT2D eigenvalue weighted by molar-refractivity contribution is 7.99. The third-order valence-electron chi connectivity index (χ3n) is 9.15. The van der Waals surface area contributed by atoms with Crippen molar-refractivity contribution in [1.29, 1.82) is 0 Å². The lowest BCUT2D eigenvalue weighted by atomic mass is 10.2. The molecule has 0 atom stereocenters. The third-order valence-corrected chi connectivity index (χ3v) is 11.7. The quantitative estimate of drug-likeness (QED) is 0.106. The Morgan fingerprint density at radius 3 is 1.75 bits per heavy atom. The average Bonchev–Trinajstić information content (AvgIpc) is 4.02. The van der Waals surface area contributed by atoms with Crippen LogP contribution < -0.4 is 26.5 Å². The summed E-state index contributed by atoms with van der Waals surface area (Å²) in [5, 5.41) is 6.19. The molecule has 1 saturated carbocycles. The van der Waals surface area contributed by atoms with Crippen molar-refractivity contribution in [3.8, 4) is 5.75 Å². The molecule has 0 radical (unpaired) electrons. The normalized spacial score (nSPS) is 12.2. The van der Waals surface area contributed by atoms with Gasteiger partial charge in [0.2, 0.25) is 5.91 Å². The van der Waals surface area contributed by atoms with Crippen LogP contribution in [0.3, 0.4) is 0 Å². The number of hydrogen-bond acceptors (Lipinski definition) is 9. The Hall–Kier alpha value is -5.24. The minimum absolute atomic E-state index is 0.0704. The zero-order chi connectivity index (χ0) is 43.6. The number of hydrogen-bond donors (Lipinski definition) is 2. The molecule has 0 saturated heterocycles. The number of carbonyl (C=O) groups excluding carboxylic acids is 3. The van der Waals surface area contributed by atoms with Gasteiger partial charge in [0.1, 0.15) is 24.4 Å². The molecule has 60 heavy (non-hydrogen) atoms. The molecule has 2 heterocycles. The molecular formula is C46H51ClN4O7S2. The van der Waals surface area contributed by atoms with Crippen molar-refractivity contribution in [2.75, 3.05) is 6.61 Å². The lowest BCUT2D eigenvalue weighted by Gasteiger charge is -2.21. The minimum atomic E-state index is -0.563. The predicted molar refractivity (Wildman–Crippen MR) is 237 cm³/mol. The summed E-state index contributed by atoms with van der Waals surface area (Å²) in [7, 11) is 0. The number of aromatic nitrogens is 2. The topological polar surface area (TPSA) is 138 Å². The summed E-state index contributed by atoms with van der Waals surface area (Å²) in [6, 6.07) is 28.9. The molecule has 1 aliphatic carbocycles. The first kappa shape index (κ1) is 45.8. The summed E-state index contributed by atoms with van der Waals surface area (Å²) in [4.78, 5) is 66.3. The van der Waals surface area contributed by atoms with Crippen LogP contribution in [0.15, 0.2) is 120 Å². The van der Waals surface area contributed by atoms with Crippen LogP contribution in [0.1, 0.15) is 61.7 Å². The summed E-state index contributed by atoms with van der Waals surface area (Å²) < 4.78 is 13.9. The van der Waals surface area contributed by atoms with Gasteiger partial charge in [0.05, 0.1) is 0 Å². The monoisotopic (exact) mass is 870 g/mol. The van der Waals surface area contributed by atoms with Crippen molar-refractivity contribution in [3.63, 3.8) is 0 Å². The van der Waals surface area contributed by atoms with Crippen LogP contribution in [0.4, 0.5) is 0 Å². The number of carbonyl (C=O) groups is 3. The van der Waals surface area contributed by atoms with E-state index in [2.05, 4.69) is 10.6 Å². The fraction of sp³-hybridized carbons (Fsp3) is 0.326. The van der Waals surface area contributed by atoms with E-state index in [1.54, 1.807) is 43.8 Å². The molecule has 0 unspecified atom stereocenters. The van der Waals surface area contributed by atoms with E-state index >= 15 is 0 Å². The van der Waals surface area contributed by atoms with E-state index in [9.17, 15) is 24.0 Å². The van der Waals surface area contributed by atoms with Gasteiger partial charge in [0, 0.05) is 65.3 Å². The molecule has 1 aliphatic rings. The molecule has 2 aromatic heterocycles. The maximum absolute atomic E-state index is 13.0. The minimum Gasteiger partial charge on any atom is -0.483 e. The number of halogens is 1. The van der Waals surface area contributed by atoms with Crippen LogP contribution in [0.5, 0.6) is 5.75 Å². The van der Waals surface area contributed by atoms with Crippen LogP contribution in [-0.2, 0) is 38.8 Å². The van der Waals surface area contributed by atoms with Crippen molar-refractivity contribution in [3.05, 3.63) is 145 Å². The van der Waals surface area contributed by atoms with Gasteiger partial charge in [0.15, 0.2) is 6.61 Å². The van der Waals surface area contributed by atoms with Gasteiger partial charge < -0.3 is 29.2 Å². The van der Waals surface area contributed by atoms with Gasteiger partial charge in [-0.05, 0) is 116 Å². The van der Waals surface area contributed by atoms with Crippen LogP contribution in [0, 0.1) is 27.7 Å². The summed E-state index contributed by atoms with van der Waals surface area (Å²) in [6.07, 6.45) is 2.00. The van der Waals surface area contributed by atoms with E-state index in [4.69, 9.17) is 21.1 Å². The van der Waals surface area contributed by atoms with E-state index in [1.165, 1.54) is 20.9 Å². The molecule has 6 rings (SSSR count). The number of nitrogens with one attached hydrogen (secondary N) is 2. The van der Waals surface area contributed by atoms with Crippen LogP contribution in [-0.4, -0.2) is 45.2 Å². The number of aryl methyl sites for hydroxylation is 2. The molecule has 11 nitrogen and oxygen atoms in total. The lowest BCUT2D eigenvalue weighted by molar-refractivity contribution is -0.155. The van der Waals surface area contributed by atoms with E-state index in [1.807, 2.05) is 107 Å². The van der Waals surface area contributed by atoms with Crippen molar-refractivity contribution in [2.45, 2.75) is 112 Å². The zero-order valence-electron chi connectivity index (χ0n) is 34.9. The maximum Gasteiger partial charge on any atom is 0.326 e. The molecule has 0 aliphatic heterocycles. The van der Waals surface area contributed by atoms with Gasteiger partial charge >= 0.3 is 5.97 Å². The van der Waals surface area contributed by atoms with E-state index in [0.29, 0.717) is 33.2 Å². The van der Waals surface area contributed by atoms with Gasteiger partial charge in [0.25, 0.3) is 17.0 Å². The summed E-state index contributed by atoms with van der Waals surface area (Å²) in [5.74, 6) is -0.435. The number of amides is 2. The number of ether oxygens (including phenoxy) is 2. The Kier molecular flexibility index (Phi) is 15.9. The number of esters is 1. The average molecular weight is 872 g/mol. The standard InChI is InChI=1S/C27H28ClN3O4S.C19H23NO3S/c1-17-12-24(36-22-6-4-3-5-7-22)18(2)27(34)31(17)15-25(32)29-14-19-13-20(28)8-11-23(19)35-16-26(33)30-21-9-10-21;1-13-11-16(24-15-9-7-6-8-10-15)14(2)18(22)20(13)12-17(21)23-19(3,4)5/h3-8,11-13,21H,9-10,14-16H2,1-2H3,(H,29,32)(H,30,33);6-11H,12H2,1-5H3. The highest BCUT2D eigenvalue weighted by Gasteiger charge is 2.24. The predicted octanol–water partition coefficient (Wildman–Crippen LogP) is 8.20. The van der Waals surface area contributed by atoms with E-state index in [0.717, 1.165) is 38.1 Å². The molecule has 5 aromatic rings. The van der Waals surface area contributed by atoms with E-state index < -0.39 is 11.6 Å². The number of nitrogens with zero attached hydrogens (tertiary/aromatic N) is 2. The van der Waals surface area contributed by atoms with Gasteiger partial charge in [-0.1, -0.05) is 71.5 Å². The zero-order valence-corrected chi connectivity index (χ0v) is 37.3. The number of pyridine rings is 2. The second kappa shape index (κ2) is 20.8. The fourth-order valence-electron chi connectivity index (χ4n) is 5.89. The molecule has 316 valence electrons. The van der Waals surface area contributed by atoms with Gasteiger partial charge in [-0.25, -0.2) is 0 Å². The molecule has 0 bridgehead atoms. The smallest absolute Gasteiger partial charge is 0.326 e. The first-order valence-corrected chi connectivity index (χ1v) is 21.6. The Labute approximate surface area is 364 Å². The molecule has 14 heteroatoms. The lowest BCUT2D eigenvalue weighted by Crippen LogP contribution is -2.34. The van der Waals surface area contributed by atoms with Crippen molar-refractivity contribution in [1.82, 2.24) is 19.8 Å². The van der Waals surface area contributed by atoms with Crippen LogP contribution in [0.2, 0.25) is 5.02 Å². The van der Waals surface area contributed by atoms with Crippen molar-refractivity contribution >= 4 is 52.9 Å². The van der Waals surface area contributed by atoms with Crippen molar-refractivity contribution < 1.29 is 23.9 Å². The second-order valence-electron chi connectivity index (χ2n) is 15.4. The highest BCUT2D eigenvalue weighted by atomic mass is 35.5. The summed E-state index contributed by atoms with van der Waals surface area (Å²) >= 11 is 9.21. The Morgan fingerprint density at radius 2 is 1.25 bits per heavy atom. The molecule has 2 N–H and O–H groups in total. The maximum atomic E-state index is 13.0. The summed E-state index contributed by atoms with van der Waals surface area (Å²) in [6.45, 7) is 12.5. The van der Waals surface area contributed by atoms with Gasteiger partial charge in [-0.15, -0.1) is 0 Å². The first-order valence-electron chi connectivity index (χ1n) is 19.5. The molecular weight excluding hydrogens is 820 g/mol. The first-order chi connectivity index (χ1) is 28.5. The highest BCUT2D eigenvalue weighted by Crippen LogP contribution is 2.31. The number of rotatable bonds is 14. The van der Waals surface area contributed by atoms with Crippen molar-refractivity contribution in [2.24, 2.45) is 0 Å². The van der Waals surface area contributed by atoms with Crippen LogP contribution >= 0.6 is 35.1 Å². The number of benzene rings is 3. The summed E-state index contributed by atoms with van der Waals surface area (Å²) in [5.41, 5.74) is 2.41. The molecule has 0 spiro atoms. The second-order valence-corrected chi connectivity index (χ2v) is 18.1. The Balaban J connectivity index is 0.000000247. The largest absolute Gasteiger partial charge is 0.483 e. The SMILES string of the molecule is Cc1c(Sc2ccccc2)cc(C)n(CC(=O)NCc2cc(Cl)ccc2OCC(=O)NC2CC2)c1=O.Cc1c(Sc2ccccc2)cc(C)n(CC(=O)OC(C)(C)C)c1=O. The fourth-order valence-corrected chi connectivity index (χ4v) is 8.12. The third kappa shape index (κ3) is 13.7. The molecule has 1 fully saturated rings. The Bertz CT molecular complexity index is 2440. The van der Waals surface area contributed by atoms with Gasteiger partial charge in [-0.3, -0.25) is 24.0 Å². The van der Waals surface area contributed by atoms with E-state index in [-0.39, 0.29) is 55.2 Å².